The Labute approximate surface area is 77.3 Å². The first-order chi connectivity index (χ1) is 5.66. The van der Waals surface area contributed by atoms with E-state index in [2.05, 4.69) is 0 Å². The fourth-order valence-electron chi connectivity index (χ4n) is 0.407. The average molecular weight is 172 g/mol. The second-order valence-corrected chi connectivity index (χ2v) is 1.80. The van der Waals surface area contributed by atoms with Gasteiger partial charge in [0, 0.05) is 5.70 Å². The maximum absolute atomic E-state index is 5.33. The first-order valence-corrected chi connectivity index (χ1v) is 4.49. The predicted molar refractivity (Wildman–Crippen MR) is 58.6 cm³/mol. The largest absolute Gasteiger partial charge is 0.404 e. The van der Waals surface area contributed by atoms with E-state index < -0.39 is 0 Å². The van der Waals surface area contributed by atoms with Gasteiger partial charge in [-0.25, -0.2) is 0 Å². The standard InChI is InChI=1S/C6H12N2.2C2H6/c1-5(4-7)3-6(2)8;2*1-2/h3-4H,7-8H2,1-2H3;2*1-2H3/b5-4-,6-3-;;. The molecule has 2 heteroatoms. The molecule has 0 aromatic heterocycles. The number of rotatable bonds is 1. The highest BCUT2D eigenvalue weighted by Gasteiger charge is 1.78. The molecule has 0 fully saturated rings. The zero-order valence-electron chi connectivity index (χ0n) is 9.31. The van der Waals surface area contributed by atoms with Crippen molar-refractivity contribution >= 4 is 0 Å². The quantitative estimate of drug-likeness (QED) is 0.597. The van der Waals surface area contributed by atoms with E-state index in [4.69, 9.17) is 11.5 Å². The predicted octanol–water partition coefficient (Wildman–Crippen LogP) is 2.76. The van der Waals surface area contributed by atoms with Gasteiger partial charge in [-0.3, -0.25) is 0 Å². The van der Waals surface area contributed by atoms with Gasteiger partial charge in [0.25, 0.3) is 0 Å². The molecular formula is C10H24N2. The first-order valence-electron chi connectivity index (χ1n) is 4.49. The van der Waals surface area contributed by atoms with Crippen molar-refractivity contribution < 1.29 is 0 Å². The molecule has 0 unspecified atom stereocenters. The first kappa shape index (κ1) is 17.2. The molecule has 0 saturated heterocycles. The van der Waals surface area contributed by atoms with Crippen molar-refractivity contribution in [3.8, 4) is 0 Å². The van der Waals surface area contributed by atoms with E-state index in [0.717, 1.165) is 11.3 Å². The van der Waals surface area contributed by atoms with Crippen LogP contribution in [0.2, 0.25) is 0 Å². The van der Waals surface area contributed by atoms with Crippen molar-refractivity contribution in [3.05, 3.63) is 23.5 Å². The summed E-state index contributed by atoms with van der Waals surface area (Å²) in [7, 11) is 0. The Bertz CT molecular complexity index is 120. The smallest absolute Gasteiger partial charge is 0.00520 e. The number of nitrogens with two attached hydrogens (primary N) is 2. The summed E-state index contributed by atoms with van der Waals surface area (Å²) in [6.45, 7) is 11.7. The second-order valence-electron chi connectivity index (χ2n) is 1.80. The minimum absolute atomic E-state index is 0.782. The van der Waals surface area contributed by atoms with Gasteiger partial charge < -0.3 is 11.5 Å². The SMILES string of the molecule is C/C(N)=C/C(C)=C\N.CC.CC. The Morgan fingerprint density at radius 3 is 1.42 bits per heavy atom. The zero-order chi connectivity index (χ0) is 10.6. The van der Waals surface area contributed by atoms with E-state index >= 15 is 0 Å². The van der Waals surface area contributed by atoms with Gasteiger partial charge in [0.2, 0.25) is 0 Å². The molecule has 0 aromatic carbocycles. The van der Waals surface area contributed by atoms with Gasteiger partial charge in [-0.2, -0.15) is 0 Å². The molecule has 0 aliphatic rings. The number of hydrogen-bond donors (Lipinski definition) is 2. The summed E-state index contributed by atoms with van der Waals surface area (Å²) in [5.41, 5.74) is 12.3. The van der Waals surface area contributed by atoms with Crippen molar-refractivity contribution in [3.63, 3.8) is 0 Å². The highest BCUT2D eigenvalue weighted by Crippen LogP contribution is 1.92. The fourth-order valence-corrected chi connectivity index (χ4v) is 0.407. The highest BCUT2D eigenvalue weighted by molar-refractivity contribution is 5.17. The molecule has 2 nitrogen and oxygen atoms in total. The summed E-state index contributed by atoms with van der Waals surface area (Å²) in [6.07, 6.45) is 3.34. The minimum Gasteiger partial charge on any atom is -0.404 e. The Morgan fingerprint density at radius 1 is 1.00 bits per heavy atom. The summed E-state index contributed by atoms with van der Waals surface area (Å²) in [6, 6.07) is 0. The Balaban J connectivity index is -0.000000175. The van der Waals surface area contributed by atoms with Crippen LogP contribution >= 0.6 is 0 Å². The topological polar surface area (TPSA) is 52.0 Å². The van der Waals surface area contributed by atoms with Crippen LogP contribution in [0.1, 0.15) is 41.5 Å². The molecule has 0 atom stereocenters. The maximum atomic E-state index is 5.33. The van der Waals surface area contributed by atoms with Crippen molar-refractivity contribution in [2.24, 2.45) is 11.5 Å². The molecule has 74 valence electrons. The van der Waals surface area contributed by atoms with Crippen LogP contribution in [0.4, 0.5) is 0 Å². The molecule has 0 aromatic rings. The van der Waals surface area contributed by atoms with Crippen LogP contribution in [0.3, 0.4) is 0 Å². The molecule has 0 saturated carbocycles. The summed E-state index contributed by atoms with van der Waals surface area (Å²) < 4.78 is 0. The summed E-state index contributed by atoms with van der Waals surface area (Å²) in [4.78, 5) is 0. The summed E-state index contributed by atoms with van der Waals surface area (Å²) in [5, 5.41) is 0. The summed E-state index contributed by atoms with van der Waals surface area (Å²) in [5.74, 6) is 0. The molecule has 0 rings (SSSR count). The third kappa shape index (κ3) is 23.0. The lowest BCUT2D eigenvalue weighted by Crippen LogP contribution is -1.91. The Morgan fingerprint density at radius 2 is 1.33 bits per heavy atom. The lowest BCUT2D eigenvalue weighted by atomic mass is 10.3. The molecule has 0 heterocycles. The van der Waals surface area contributed by atoms with Gasteiger partial charge in [0.15, 0.2) is 0 Å². The molecule has 0 amide bonds. The number of hydrogen-bond acceptors (Lipinski definition) is 2. The zero-order valence-corrected chi connectivity index (χ0v) is 9.31. The third-order valence-corrected chi connectivity index (χ3v) is 0.718. The van der Waals surface area contributed by atoms with Crippen molar-refractivity contribution in [2.45, 2.75) is 41.5 Å². The van der Waals surface area contributed by atoms with Crippen LogP contribution in [0.5, 0.6) is 0 Å². The van der Waals surface area contributed by atoms with Crippen molar-refractivity contribution in [2.75, 3.05) is 0 Å². The van der Waals surface area contributed by atoms with E-state index in [1.807, 2.05) is 47.6 Å². The molecule has 0 bridgehead atoms. The molecular weight excluding hydrogens is 148 g/mol. The summed E-state index contributed by atoms with van der Waals surface area (Å²) >= 11 is 0. The van der Waals surface area contributed by atoms with E-state index in [1.54, 1.807) is 0 Å². The molecule has 0 aliphatic carbocycles. The Hall–Kier alpha value is -0.920. The van der Waals surface area contributed by atoms with E-state index in [-0.39, 0.29) is 0 Å². The number of allylic oxidation sites excluding steroid dienone is 3. The Kier molecular flexibility index (Phi) is 23.8. The maximum Gasteiger partial charge on any atom is 0.00520 e. The van der Waals surface area contributed by atoms with Gasteiger partial charge >= 0.3 is 0 Å². The van der Waals surface area contributed by atoms with Crippen LogP contribution in [0, 0.1) is 0 Å². The van der Waals surface area contributed by atoms with Gasteiger partial charge in [-0.1, -0.05) is 27.7 Å². The van der Waals surface area contributed by atoms with Crippen LogP contribution in [-0.2, 0) is 0 Å². The van der Waals surface area contributed by atoms with Crippen molar-refractivity contribution in [1.82, 2.24) is 0 Å². The van der Waals surface area contributed by atoms with Crippen LogP contribution < -0.4 is 11.5 Å². The molecule has 12 heavy (non-hydrogen) atoms. The molecule has 0 spiro atoms. The third-order valence-electron chi connectivity index (χ3n) is 0.718. The molecule has 0 radical (unpaired) electrons. The fraction of sp³-hybridized carbons (Fsp3) is 0.600. The average Bonchev–Trinajstić information content (AvgIpc) is 2.10. The van der Waals surface area contributed by atoms with Crippen molar-refractivity contribution in [1.29, 1.82) is 0 Å². The van der Waals surface area contributed by atoms with Gasteiger partial charge in [-0.15, -0.1) is 0 Å². The van der Waals surface area contributed by atoms with Gasteiger partial charge in [-0.05, 0) is 31.7 Å². The normalized spacial score (nSPS) is 10.5. The van der Waals surface area contributed by atoms with Gasteiger partial charge in [0.1, 0.15) is 0 Å². The van der Waals surface area contributed by atoms with E-state index in [1.165, 1.54) is 6.20 Å². The van der Waals surface area contributed by atoms with Crippen LogP contribution in [-0.4, -0.2) is 0 Å². The lowest BCUT2D eigenvalue weighted by molar-refractivity contribution is 1.28. The highest BCUT2D eigenvalue weighted by atomic mass is 14.5. The van der Waals surface area contributed by atoms with E-state index in [9.17, 15) is 0 Å². The molecule has 4 N–H and O–H groups in total. The monoisotopic (exact) mass is 172 g/mol. The minimum atomic E-state index is 0.782. The van der Waals surface area contributed by atoms with Gasteiger partial charge in [0.05, 0.1) is 0 Å². The lowest BCUT2D eigenvalue weighted by Gasteiger charge is -1.89. The molecule has 0 aliphatic heterocycles. The van der Waals surface area contributed by atoms with Crippen LogP contribution in [0.25, 0.3) is 0 Å². The second kappa shape index (κ2) is 16.6. The van der Waals surface area contributed by atoms with Crippen LogP contribution in [0.15, 0.2) is 23.5 Å². The van der Waals surface area contributed by atoms with E-state index in [0.29, 0.717) is 0 Å².